The number of methoxy groups -OCH3 is 1. The molecule has 10 nitrogen and oxygen atoms in total. The summed E-state index contributed by atoms with van der Waals surface area (Å²) >= 11 is 0. The van der Waals surface area contributed by atoms with Gasteiger partial charge in [-0.05, 0) is 86.9 Å². The first-order valence-corrected chi connectivity index (χ1v) is 17.0. The smallest absolute Gasteiger partial charge is 0.258 e. The molecule has 1 fully saturated rings. The van der Waals surface area contributed by atoms with E-state index in [1.54, 1.807) is 47.4 Å². The number of amides is 4. The van der Waals surface area contributed by atoms with Crippen LogP contribution < -0.4 is 19.9 Å². The second-order valence-electron chi connectivity index (χ2n) is 13.0. The molecule has 0 atom stereocenters. The number of fused-ring (bicyclic) bond motifs is 1. The predicted octanol–water partition coefficient (Wildman–Crippen LogP) is 5.86. The number of aryl methyl sites for hydroxylation is 1. The van der Waals surface area contributed by atoms with Crippen molar-refractivity contribution in [2.75, 3.05) is 62.5 Å². The molecule has 4 amide bonds. The minimum absolute atomic E-state index is 0.0575. The number of hydrogen-bond donors (Lipinski definition) is 1. The first-order valence-electron chi connectivity index (χ1n) is 17.0. The van der Waals surface area contributed by atoms with E-state index in [0.29, 0.717) is 53.1 Å². The number of carbonyl (C=O) groups excluding carboxylic acids is 4. The van der Waals surface area contributed by atoms with E-state index >= 15 is 0 Å². The van der Waals surface area contributed by atoms with Crippen LogP contribution in [0, 0.1) is 6.92 Å². The zero-order chi connectivity index (χ0) is 35.4. The third-order valence-corrected chi connectivity index (χ3v) is 9.70. The van der Waals surface area contributed by atoms with E-state index in [9.17, 15) is 19.2 Å². The Morgan fingerprint density at radius 3 is 2.20 bits per heavy atom. The van der Waals surface area contributed by atoms with Crippen molar-refractivity contribution >= 4 is 40.7 Å². The third kappa shape index (κ3) is 7.11. The normalized spacial score (nSPS) is 15.1. The third-order valence-electron chi connectivity index (χ3n) is 9.70. The summed E-state index contributed by atoms with van der Waals surface area (Å²) in [5, 5.41) is 2.96. The lowest BCUT2D eigenvalue weighted by atomic mass is 9.95. The maximum atomic E-state index is 14.1. The molecule has 50 heavy (non-hydrogen) atoms. The first kappa shape index (κ1) is 34.4. The summed E-state index contributed by atoms with van der Waals surface area (Å²) in [5.41, 5.74) is 5.16. The highest BCUT2D eigenvalue weighted by atomic mass is 16.5. The summed E-state index contributed by atoms with van der Waals surface area (Å²) in [5.74, 6) is -0.634. The van der Waals surface area contributed by atoms with Gasteiger partial charge in [-0.15, -0.1) is 0 Å². The van der Waals surface area contributed by atoms with Crippen LogP contribution in [0.25, 0.3) is 11.1 Å². The number of para-hydroxylation sites is 2. The van der Waals surface area contributed by atoms with Crippen LogP contribution in [0.2, 0.25) is 0 Å². The maximum Gasteiger partial charge on any atom is 0.258 e. The van der Waals surface area contributed by atoms with Crippen molar-refractivity contribution in [3.05, 3.63) is 108 Å². The fraction of sp³-hybridized carbons (Fsp3) is 0.300. The van der Waals surface area contributed by atoms with Crippen molar-refractivity contribution in [3.63, 3.8) is 0 Å². The molecular weight excluding hydrogens is 630 g/mol. The lowest BCUT2D eigenvalue weighted by Crippen LogP contribution is -2.48. The Hall–Kier alpha value is -5.48. The van der Waals surface area contributed by atoms with Crippen LogP contribution in [0.15, 0.2) is 91.0 Å². The van der Waals surface area contributed by atoms with Crippen molar-refractivity contribution in [2.45, 2.75) is 32.2 Å². The van der Waals surface area contributed by atoms with Gasteiger partial charge in [0.25, 0.3) is 11.8 Å². The van der Waals surface area contributed by atoms with Gasteiger partial charge in [0.1, 0.15) is 12.3 Å². The summed E-state index contributed by atoms with van der Waals surface area (Å²) in [7, 11) is 5.59. The van der Waals surface area contributed by atoms with Crippen molar-refractivity contribution < 1.29 is 23.9 Å². The number of rotatable bonds is 8. The van der Waals surface area contributed by atoms with Gasteiger partial charge in [0, 0.05) is 43.2 Å². The summed E-state index contributed by atoms with van der Waals surface area (Å²) in [6.45, 7) is 3.36. The summed E-state index contributed by atoms with van der Waals surface area (Å²) < 4.78 is 5.65. The Morgan fingerprint density at radius 1 is 0.840 bits per heavy atom. The summed E-state index contributed by atoms with van der Waals surface area (Å²) in [6, 6.07) is 27.8. The molecule has 1 saturated heterocycles. The van der Waals surface area contributed by atoms with E-state index in [-0.39, 0.29) is 43.1 Å². The molecule has 2 aliphatic rings. The Morgan fingerprint density at radius 2 is 1.50 bits per heavy atom. The van der Waals surface area contributed by atoms with Gasteiger partial charge in [-0.2, -0.15) is 0 Å². The highest BCUT2D eigenvalue weighted by Gasteiger charge is 2.33. The van der Waals surface area contributed by atoms with Gasteiger partial charge < -0.3 is 29.7 Å². The highest BCUT2D eigenvalue weighted by Crippen LogP contribution is 2.35. The van der Waals surface area contributed by atoms with Gasteiger partial charge in [0.2, 0.25) is 11.8 Å². The van der Waals surface area contributed by atoms with Gasteiger partial charge in [-0.3, -0.25) is 19.2 Å². The molecule has 0 saturated carbocycles. The Labute approximate surface area is 293 Å². The van der Waals surface area contributed by atoms with Crippen LogP contribution in [0.3, 0.4) is 0 Å². The number of anilines is 3. The van der Waals surface area contributed by atoms with Gasteiger partial charge >= 0.3 is 0 Å². The molecule has 0 unspecified atom stereocenters. The molecule has 2 aliphatic heterocycles. The molecule has 0 aliphatic carbocycles. The number of carbonyl (C=O) groups is 4. The van der Waals surface area contributed by atoms with Crippen molar-refractivity contribution in [3.8, 4) is 16.9 Å². The van der Waals surface area contributed by atoms with E-state index < -0.39 is 0 Å². The largest absolute Gasteiger partial charge is 0.495 e. The Balaban J connectivity index is 1.21. The van der Waals surface area contributed by atoms with Gasteiger partial charge in [-0.1, -0.05) is 54.6 Å². The number of nitrogens with one attached hydrogen (secondary N) is 1. The standard InChI is InChI=1S/C40H43N5O5/c1-27-11-5-6-12-30(27)31-13-7-8-14-32(31)39(48)41-33-18-17-28(25-36(33)50-4)40(49)44-24-21-37(46)45(35-16-10-9-15-34(35)44)26-38(47)43-22-19-29(20-23-43)42(2)3/h5-18,25,29H,19-24,26H2,1-4H3,(H,41,48). The maximum absolute atomic E-state index is 14.1. The fourth-order valence-electron chi connectivity index (χ4n) is 6.83. The van der Waals surface area contributed by atoms with E-state index in [1.807, 2.05) is 60.4 Å². The second-order valence-corrected chi connectivity index (χ2v) is 13.0. The molecule has 0 bridgehead atoms. The number of nitrogens with zero attached hydrogens (tertiary/aromatic N) is 4. The second kappa shape index (κ2) is 15.0. The first-order chi connectivity index (χ1) is 24.2. The molecule has 1 N–H and O–H groups in total. The molecule has 6 rings (SSSR count). The number of hydrogen-bond acceptors (Lipinski definition) is 6. The number of likely N-dealkylation sites (tertiary alicyclic amines) is 1. The molecule has 4 aromatic rings. The van der Waals surface area contributed by atoms with Crippen LogP contribution in [-0.4, -0.2) is 86.9 Å². The molecule has 4 aromatic carbocycles. The average Bonchev–Trinajstić information content (AvgIpc) is 3.27. The van der Waals surface area contributed by atoms with Crippen molar-refractivity contribution in [1.82, 2.24) is 9.80 Å². The van der Waals surface area contributed by atoms with Crippen LogP contribution >= 0.6 is 0 Å². The Kier molecular flexibility index (Phi) is 10.3. The number of piperidine rings is 1. The topological polar surface area (TPSA) is 102 Å². The van der Waals surface area contributed by atoms with Crippen LogP contribution in [-0.2, 0) is 9.59 Å². The average molecular weight is 674 g/mol. The summed E-state index contributed by atoms with van der Waals surface area (Å²) in [4.78, 5) is 61.7. The zero-order valence-electron chi connectivity index (χ0n) is 29.0. The van der Waals surface area contributed by atoms with Crippen molar-refractivity contribution in [2.24, 2.45) is 0 Å². The monoisotopic (exact) mass is 673 g/mol. The van der Waals surface area contributed by atoms with E-state index in [1.165, 1.54) is 12.0 Å². The molecule has 10 heteroatoms. The minimum atomic E-state index is -0.328. The van der Waals surface area contributed by atoms with Crippen LogP contribution in [0.4, 0.5) is 17.1 Å². The molecule has 0 aromatic heterocycles. The molecule has 0 radical (unpaired) electrons. The van der Waals surface area contributed by atoms with Crippen LogP contribution in [0.5, 0.6) is 5.75 Å². The van der Waals surface area contributed by atoms with Crippen LogP contribution in [0.1, 0.15) is 45.5 Å². The zero-order valence-corrected chi connectivity index (χ0v) is 29.0. The lowest BCUT2D eigenvalue weighted by Gasteiger charge is -2.36. The van der Waals surface area contributed by atoms with E-state index in [0.717, 1.165) is 29.5 Å². The van der Waals surface area contributed by atoms with E-state index in [2.05, 4.69) is 24.3 Å². The predicted molar refractivity (Wildman–Crippen MR) is 196 cm³/mol. The fourth-order valence-corrected chi connectivity index (χ4v) is 6.83. The van der Waals surface area contributed by atoms with Gasteiger partial charge in [0.05, 0.1) is 24.2 Å². The number of benzene rings is 4. The Bertz CT molecular complexity index is 1920. The van der Waals surface area contributed by atoms with Crippen molar-refractivity contribution in [1.29, 1.82) is 0 Å². The van der Waals surface area contributed by atoms with Gasteiger partial charge in [0.15, 0.2) is 0 Å². The van der Waals surface area contributed by atoms with E-state index in [4.69, 9.17) is 4.74 Å². The van der Waals surface area contributed by atoms with Gasteiger partial charge in [-0.25, -0.2) is 0 Å². The summed E-state index contributed by atoms with van der Waals surface area (Å²) in [6.07, 6.45) is 1.83. The highest BCUT2D eigenvalue weighted by molar-refractivity contribution is 6.13. The minimum Gasteiger partial charge on any atom is -0.495 e. The molecular formula is C40H43N5O5. The SMILES string of the molecule is COc1cc(C(=O)N2CCC(=O)N(CC(=O)N3CCC(N(C)C)CC3)c3ccccc32)ccc1NC(=O)c1ccccc1-c1ccccc1C. The lowest BCUT2D eigenvalue weighted by molar-refractivity contribution is -0.132. The molecule has 258 valence electrons. The number of ether oxygens (including phenoxy) is 1. The molecule has 2 heterocycles. The quantitative estimate of drug-likeness (QED) is 0.252. The molecule has 0 spiro atoms.